The lowest BCUT2D eigenvalue weighted by Gasteiger charge is -2.32. The van der Waals surface area contributed by atoms with Gasteiger partial charge in [0.25, 0.3) is 0 Å². The Kier molecular flexibility index (Phi) is 7.73. The van der Waals surface area contributed by atoms with Gasteiger partial charge in [-0.2, -0.15) is 0 Å². The van der Waals surface area contributed by atoms with E-state index in [-0.39, 0.29) is 10.8 Å². The molecule has 0 spiro atoms. The lowest BCUT2D eigenvalue weighted by Crippen LogP contribution is -2.39. The molecule has 3 rings (SSSR count). The molecule has 0 bridgehead atoms. The van der Waals surface area contributed by atoms with Crippen LogP contribution in [0, 0.1) is 0 Å². The van der Waals surface area contributed by atoms with Gasteiger partial charge in [0.1, 0.15) is 5.75 Å². The van der Waals surface area contributed by atoms with Crippen LogP contribution in [0.5, 0.6) is 5.75 Å². The summed E-state index contributed by atoms with van der Waals surface area (Å²) in [7, 11) is 0. The first kappa shape index (κ1) is 24.8. The molecule has 0 saturated carbocycles. The zero-order chi connectivity index (χ0) is 23.5. The Bertz CT molecular complexity index is 877. The maximum absolute atomic E-state index is 11.4. The molecule has 3 heteroatoms. The summed E-state index contributed by atoms with van der Waals surface area (Å²) in [6.07, 6.45) is 2.55. The topological polar surface area (TPSA) is 26.7 Å². The molecule has 1 saturated heterocycles. The van der Waals surface area contributed by atoms with Crippen LogP contribution in [0.2, 0.25) is 0 Å². The van der Waals surface area contributed by atoms with Crippen LogP contribution in [0.25, 0.3) is 0 Å². The summed E-state index contributed by atoms with van der Waals surface area (Å²) in [5, 5.41) is 11.4. The number of phenols is 1. The molecule has 0 unspecified atom stereocenters. The van der Waals surface area contributed by atoms with Crippen LogP contribution in [-0.2, 0) is 23.9 Å². The van der Waals surface area contributed by atoms with Gasteiger partial charge in [-0.1, -0.05) is 90.9 Å². The second-order valence-electron chi connectivity index (χ2n) is 11.6. The summed E-state index contributed by atoms with van der Waals surface area (Å²) in [6, 6.07) is 15.8. The SMILES string of the molecule is CCN1CCC[C@H]1CN(Cc1ccccc1)Cc1cc(C(C)(C)C)cc(C(C)(C)C)c1O. The third-order valence-corrected chi connectivity index (χ3v) is 6.88. The first-order valence-corrected chi connectivity index (χ1v) is 12.4. The molecule has 176 valence electrons. The summed E-state index contributed by atoms with van der Waals surface area (Å²) >= 11 is 0. The number of hydrogen-bond donors (Lipinski definition) is 1. The van der Waals surface area contributed by atoms with Crippen molar-refractivity contribution in [1.82, 2.24) is 9.80 Å². The first-order valence-electron chi connectivity index (χ1n) is 12.4. The molecule has 1 atom stereocenters. The molecule has 1 aliphatic rings. The minimum absolute atomic E-state index is 0.0389. The van der Waals surface area contributed by atoms with Crippen molar-refractivity contribution in [3.05, 3.63) is 64.7 Å². The average molecular weight is 437 g/mol. The fraction of sp³-hybridized carbons (Fsp3) is 0.586. The van der Waals surface area contributed by atoms with Crippen molar-refractivity contribution in [2.45, 2.75) is 91.3 Å². The van der Waals surface area contributed by atoms with E-state index in [0.717, 1.165) is 37.3 Å². The molecule has 3 nitrogen and oxygen atoms in total. The van der Waals surface area contributed by atoms with Crippen molar-refractivity contribution in [1.29, 1.82) is 0 Å². The van der Waals surface area contributed by atoms with Gasteiger partial charge in [0.2, 0.25) is 0 Å². The molecule has 2 aromatic rings. The molecule has 1 fully saturated rings. The number of benzene rings is 2. The smallest absolute Gasteiger partial charge is 0.123 e. The highest BCUT2D eigenvalue weighted by atomic mass is 16.3. The maximum atomic E-state index is 11.4. The maximum Gasteiger partial charge on any atom is 0.123 e. The van der Waals surface area contributed by atoms with Crippen LogP contribution in [0.3, 0.4) is 0 Å². The summed E-state index contributed by atoms with van der Waals surface area (Å²) < 4.78 is 0. The predicted octanol–water partition coefficient (Wildman–Crippen LogP) is 6.47. The molecule has 0 radical (unpaired) electrons. The minimum atomic E-state index is -0.102. The Morgan fingerprint density at radius 1 is 0.969 bits per heavy atom. The molecule has 1 N–H and O–H groups in total. The van der Waals surface area contributed by atoms with E-state index in [4.69, 9.17) is 0 Å². The van der Waals surface area contributed by atoms with Crippen LogP contribution >= 0.6 is 0 Å². The molecular weight excluding hydrogens is 392 g/mol. The number of nitrogens with zero attached hydrogens (tertiary/aromatic N) is 2. The Balaban J connectivity index is 1.96. The van der Waals surface area contributed by atoms with Crippen molar-refractivity contribution in [2.24, 2.45) is 0 Å². The van der Waals surface area contributed by atoms with Crippen molar-refractivity contribution < 1.29 is 5.11 Å². The highest BCUT2D eigenvalue weighted by Crippen LogP contribution is 2.38. The van der Waals surface area contributed by atoms with Crippen molar-refractivity contribution >= 4 is 0 Å². The summed E-state index contributed by atoms with van der Waals surface area (Å²) in [5.74, 6) is 0.474. The van der Waals surface area contributed by atoms with E-state index >= 15 is 0 Å². The van der Waals surface area contributed by atoms with Gasteiger partial charge in [0, 0.05) is 31.2 Å². The Hall–Kier alpha value is -1.84. The van der Waals surface area contributed by atoms with E-state index in [1.54, 1.807) is 0 Å². The van der Waals surface area contributed by atoms with Gasteiger partial charge in [-0.25, -0.2) is 0 Å². The molecule has 0 aliphatic carbocycles. The van der Waals surface area contributed by atoms with E-state index in [9.17, 15) is 5.11 Å². The van der Waals surface area contributed by atoms with E-state index in [0.29, 0.717) is 11.8 Å². The number of phenolic OH excluding ortho intramolecular Hbond substituents is 1. The quantitative estimate of drug-likeness (QED) is 0.538. The minimum Gasteiger partial charge on any atom is -0.507 e. The number of aromatic hydroxyl groups is 1. The predicted molar refractivity (Wildman–Crippen MR) is 136 cm³/mol. The van der Waals surface area contributed by atoms with Crippen LogP contribution in [0.4, 0.5) is 0 Å². The normalized spacial score (nSPS) is 17.9. The van der Waals surface area contributed by atoms with E-state index in [1.807, 2.05) is 0 Å². The van der Waals surface area contributed by atoms with Gasteiger partial charge < -0.3 is 5.11 Å². The van der Waals surface area contributed by atoms with Gasteiger partial charge in [-0.05, 0) is 53.5 Å². The average Bonchev–Trinajstić information content (AvgIpc) is 3.15. The van der Waals surface area contributed by atoms with E-state index in [1.165, 1.54) is 30.5 Å². The van der Waals surface area contributed by atoms with Crippen LogP contribution < -0.4 is 0 Å². The molecule has 2 aromatic carbocycles. The zero-order valence-electron chi connectivity index (χ0n) is 21.4. The largest absolute Gasteiger partial charge is 0.507 e. The number of likely N-dealkylation sites (tertiary alicyclic amines) is 1. The van der Waals surface area contributed by atoms with Crippen LogP contribution in [0.15, 0.2) is 42.5 Å². The molecule has 0 aromatic heterocycles. The standard InChI is InChI=1S/C29H44N2O/c1-8-31-16-12-15-25(31)21-30(19-22-13-10-9-11-14-22)20-23-17-24(28(2,3)4)18-26(27(23)32)29(5,6)7/h9-11,13-14,17-18,25,32H,8,12,15-16,19-21H2,1-7H3/t25-/m0/s1. The summed E-state index contributed by atoms with van der Waals surface area (Å²) in [5.41, 5.74) is 4.67. The Morgan fingerprint density at radius 3 is 2.25 bits per heavy atom. The molecule has 0 amide bonds. The van der Waals surface area contributed by atoms with Crippen molar-refractivity contribution in [2.75, 3.05) is 19.6 Å². The summed E-state index contributed by atoms with van der Waals surface area (Å²) in [4.78, 5) is 5.16. The Labute approximate surface area is 196 Å². The molecular formula is C29H44N2O. The van der Waals surface area contributed by atoms with Crippen LogP contribution in [-0.4, -0.2) is 40.6 Å². The fourth-order valence-electron chi connectivity index (χ4n) is 4.90. The van der Waals surface area contributed by atoms with Crippen molar-refractivity contribution in [3.8, 4) is 5.75 Å². The molecule has 32 heavy (non-hydrogen) atoms. The zero-order valence-corrected chi connectivity index (χ0v) is 21.4. The first-order chi connectivity index (χ1) is 15.0. The lowest BCUT2D eigenvalue weighted by molar-refractivity contribution is 0.165. The lowest BCUT2D eigenvalue weighted by atomic mass is 9.79. The van der Waals surface area contributed by atoms with Crippen LogP contribution in [0.1, 0.15) is 83.6 Å². The summed E-state index contributed by atoms with van der Waals surface area (Å²) in [6.45, 7) is 20.6. The number of rotatable bonds is 7. The van der Waals surface area contributed by atoms with Gasteiger partial charge in [0.15, 0.2) is 0 Å². The number of hydrogen-bond acceptors (Lipinski definition) is 3. The molecule has 1 heterocycles. The monoisotopic (exact) mass is 436 g/mol. The van der Waals surface area contributed by atoms with Gasteiger partial charge in [-0.15, -0.1) is 0 Å². The van der Waals surface area contributed by atoms with E-state index < -0.39 is 0 Å². The fourth-order valence-corrected chi connectivity index (χ4v) is 4.90. The Morgan fingerprint density at radius 2 is 1.66 bits per heavy atom. The third kappa shape index (κ3) is 6.14. The van der Waals surface area contributed by atoms with E-state index in [2.05, 4.69) is 101 Å². The van der Waals surface area contributed by atoms with Gasteiger partial charge >= 0.3 is 0 Å². The number of likely N-dealkylation sites (N-methyl/N-ethyl adjacent to an activating group) is 1. The van der Waals surface area contributed by atoms with Gasteiger partial charge in [0.05, 0.1) is 0 Å². The third-order valence-electron chi connectivity index (χ3n) is 6.88. The highest BCUT2D eigenvalue weighted by molar-refractivity contribution is 5.48. The van der Waals surface area contributed by atoms with Gasteiger partial charge in [-0.3, -0.25) is 9.80 Å². The second-order valence-corrected chi connectivity index (χ2v) is 11.6. The highest BCUT2D eigenvalue weighted by Gasteiger charge is 2.28. The molecule has 1 aliphatic heterocycles. The second kappa shape index (κ2) is 9.97. The van der Waals surface area contributed by atoms with Crippen molar-refractivity contribution in [3.63, 3.8) is 0 Å².